The minimum atomic E-state index is -0.185. The van der Waals surface area contributed by atoms with Crippen molar-refractivity contribution in [2.75, 3.05) is 7.11 Å². The zero-order valence-corrected chi connectivity index (χ0v) is 12.6. The summed E-state index contributed by atoms with van der Waals surface area (Å²) < 4.78 is 5.43. The van der Waals surface area contributed by atoms with E-state index in [0.29, 0.717) is 0 Å². The molecule has 0 radical (unpaired) electrons. The van der Waals surface area contributed by atoms with Gasteiger partial charge in [0.15, 0.2) is 0 Å². The van der Waals surface area contributed by atoms with Crippen molar-refractivity contribution < 1.29 is 4.74 Å². The van der Waals surface area contributed by atoms with Crippen LogP contribution in [0.3, 0.4) is 0 Å². The van der Waals surface area contributed by atoms with Crippen LogP contribution in [0.4, 0.5) is 0 Å². The van der Waals surface area contributed by atoms with Gasteiger partial charge in [-0.15, -0.1) is 11.6 Å². The molecule has 0 bridgehead atoms. The first-order valence-electron chi connectivity index (χ1n) is 6.39. The van der Waals surface area contributed by atoms with Crippen molar-refractivity contribution in [1.29, 1.82) is 0 Å². The van der Waals surface area contributed by atoms with Crippen molar-refractivity contribution in [2.45, 2.75) is 26.1 Å². The highest BCUT2D eigenvalue weighted by Crippen LogP contribution is 2.37. The number of methoxy groups -OCH3 is 1. The van der Waals surface area contributed by atoms with Crippen LogP contribution in [-0.2, 0) is 0 Å². The quantitative estimate of drug-likeness (QED) is 0.720. The van der Waals surface area contributed by atoms with Crippen LogP contribution >= 0.6 is 11.6 Å². The number of hydrogen-bond donors (Lipinski definition) is 0. The molecule has 0 fully saturated rings. The molecule has 2 aromatic carbocycles. The van der Waals surface area contributed by atoms with Crippen molar-refractivity contribution in [2.24, 2.45) is 0 Å². The molecular weight excluding hydrogens is 256 g/mol. The van der Waals surface area contributed by atoms with E-state index in [1.54, 1.807) is 7.11 Å². The summed E-state index contributed by atoms with van der Waals surface area (Å²) in [6.45, 7) is 6.29. The number of benzene rings is 2. The van der Waals surface area contributed by atoms with Crippen LogP contribution in [0.15, 0.2) is 36.4 Å². The van der Waals surface area contributed by atoms with Crippen LogP contribution in [0.2, 0.25) is 0 Å². The Labute approximate surface area is 120 Å². The molecule has 100 valence electrons. The van der Waals surface area contributed by atoms with Gasteiger partial charge in [-0.2, -0.15) is 0 Å². The van der Waals surface area contributed by atoms with E-state index in [1.165, 1.54) is 16.7 Å². The molecule has 2 heteroatoms. The fraction of sp³-hybridized carbons (Fsp3) is 0.294. The lowest BCUT2D eigenvalue weighted by atomic mass is 9.95. The van der Waals surface area contributed by atoms with Gasteiger partial charge in [-0.1, -0.05) is 35.9 Å². The van der Waals surface area contributed by atoms with Crippen LogP contribution in [0, 0.1) is 20.8 Å². The first kappa shape index (κ1) is 14.0. The summed E-state index contributed by atoms with van der Waals surface area (Å²) in [5, 5.41) is -0.185. The van der Waals surface area contributed by atoms with Crippen LogP contribution in [0.1, 0.15) is 33.2 Å². The van der Waals surface area contributed by atoms with E-state index < -0.39 is 0 Å². The van der Waals surface area contributed by atoms with Crippen molar-refractivity contribution in [3.05, 3.63) is 64.2 Å². The topological polar surface area (TPSA) is 9.23 Å². The number of ether oxygens (including phenoxy) is 1. The zero-order chi connectivity index (χ0) is 14.0. The van der Waals surface area contributed by atoms with Crippen LogP contribution in [0.25, 0.3) is 0 Å². The van der Waals surface area contributed by atoms with E-state index in [1.807, 2.05) is 12.1 Å². The van der Waals surface area contributed by atoms with E-state index in [-0.39, 0.29) is 5.38 Å². The Bertz CT molecular complexity index is 590. The Morgan fingerprint density at radius 1 is 1.00 bits per heavy atom. The second kappa shape index (κ2) is 5.66. The first-order valence-corrected chi connectivity index (χ1v) is 6.83. The molecule has 0 saturated heterocycles. The van der Waals surface area contributed by atoms with Gasteiger partial charge in [-0.05, 0) is 43.5 Å². The summed E-state index contributed by atoms with van der Waals surface area (Å²) in [5.74, 6) is 0.839. The van der Waals surface area contributed by atoms with E-state index in [2.05, 4.69) is 45.0 Å². The van der Waals surface area contributed by atoms with Gasteiger partial charge in [-0.3, -0.25) is 0 Å². The van der Waals surface area contributed by atoms with Crippen molar-refractivity contribution in [3.63, 3.8) is 0 Å². The third-order valence-corrected chi connectivity index (χ3v) is 4.05. The molecule has 1 unspecified atom stereocenters. The van der Waals surface area contributed by atoms with Gasteiger partial charge in [-0.25, -0.2) is 0 Å². The summed E-state index contributed by atoms with van der Waals surface area (Å²) in [6.07, 6.45) is 0. The average molecular weight is 275 g/mol. The van der Waals surface area contributed by atoms with Crippen LogP contribution in [0.5, 0.6) is 5.75 Å². The van der Waals surface area contributed by atoms with Crippen molar-refractivity contribution in [3.8, 4) is 5.75 Å². The van der Waals surface area contributed by atoms with Gasteiger partial charge in [0.1, 0.15) is 5.75 Å². The third-order valence-electron chi connectivity index (χ3n) is 3.58. The highest BCUT2D eigenvalue weighted by molar-refractivity contribution is 6.23. The van der Waals surface area contributed by atoms with Gasteiger partial charge in [0, 0.05) is 5.56 Å². The van der Waals surface area contributed by atoms with E-state index in [9.17, 15) is 0 Å². The fourth-order valence-corrected chi connectivity index (χ4v) is 2.67. The predicted molar refractivity (Wildman–Crippen MR) is 81.3 cm³/mol. The summed E-state index contributed by atoms with van der Waals surface area (Å²) >= 11 is 6.68. The lowest BCUT2D eigenvalue weighted by Crippen LogP contribution is -2.01. The van der Waals surface area contributed by atoms with Gasteiger partial charge >= 0.3 is 0 Å². The molecule has 0 saturated carbocycles. The smallest absolute Gasteiger partial charge is 0.123 e. The second-order valence-corrected chi connectivity index (χ2v) is 5.33. The lowest BCUT2D eigenvalue weighted by Gasteiger charge is -2.18. The summed E-state index contributed by atoms with van der Waals surface area (Å²) in [4.78, 5) is 0. The highest BCUT2D eigenvalue weighted by Gasteiger charge is 2.18. The molecule has 19 heavy (non-hydrogen) atoms. The summed E-state index contributed by atoms with van der Waals surface area (Å²) in [7, 11) is 1.68. The molecule has 1 nitrogen and oxygen atoms in total. The summed E-state index contributed by atoms with van der Waals surface area (Å²) in [6, 6.07) is 12.4. The fourth-order valence-electron chi connectivity index (χ4n) is 2.27. The molecule has 2 aromatic rings. The molecule has 0 amide bonds. The Balaban J connectivity index is 2.52. The average Bonchev–Trinajstić information content (AvgIpc) is 2.41. The number of rotatable bonds is 3. The SMILES string of the molecule is COc1ccc(C)cc1C(Cl)c1cccc(C)c1C. The molecule has 0 aromatic heterocycles. The largest absolute Gasteiger partial charge is 0.496 e. The maximum atomic E-state index is 6.68. The molecule has 0 aliphatic heterocycles. The molecule has 0 aliphatic rings. The second-order valence-electron chi connectivity index (χ2n) is 4.90. The highest BCUT2D eigenvalue weighted by atomic mass is 35.5. The third kappa shape index (κ3) is 2.76. The lowest BCUT2D eigenvalue weighted by molar-refractivity contribution is 0.410. The van der Waals surface area contributed by atoms with Crippen LogP contribution < -0.4 is 4.74 Å². The Hall–Kier alpha value is -1.47. The molecule has 2 rings (SSSR count). The Morgan fingerprint density at radius 2 is 1.74 bits per heavy atom. The van der Waals surface area contributed by atoms with E-state index >= 15 is 0 Å². The molecule has 0 aliphatic carbocycles. The van der Waals surface area contributed by atoms with Gasteiger partial charge in [0.05, 0.1) is 12.5 Å². The molecule has 0 heterocycles. The van der Waals surface area contributed by atoms with Crippen LogP contribution in [-0.4, -0.2) is 7.11 Å². The first-order chi connectivity index (χ1) is 9.04. The summed E-state index contributed by atoms with van der Waals surface area (Å²) in [5.41, 5.74) is 5.86. The number of aryl methyl sites for hydroxylation is 2. The number of hydrogen-bond acceptors (Lipinski definition) is 1. The Morgan fingerprint density at radius 3 is 2.42 bits per heavy atom. The molecular formula is C17H19ClO. The van der Waals surface area contributed by atoms with Crippen molar-refractivity contribution in [1.82, 2.24) is 0 Å². The Kier molecular flexibility index (Phi) is 4.16. The number of halogens is 1. The normalized spacial score (nSPS) is 12.3. The predicted octanol–water partition coefficient (Wildman–Crippen LogP) is 4.95. The minimum absolute atomic E-state index is 0.185. The van der Waals surface area contributed by atoms with E-state index in [4.69, 9.17) is 16.3 Å². The zero-order valence-electron chi connectivity index (χ0n) is 11.8. The maximum absolute atomic E-state index is 6.68. The van der Waals surface area contributed by atoms with Gasteiger partial charge in [0.2, 0.25) is 0 Å². The minimum Gasteiger partial charge on any atom is -0.496 e. The standard InChI is InChI=1S/C17H19ClO/c1-11-8-9-16(19-4)15(10-11)17(18)14-7-5-6-12(2)13(14)3/h5-10,17H,1-4H3. The van der Waals surface area contributed by atoms with Crippen molar-refractivity contribution >= 4 is 11.6 Å². The maximum Gasteiger partial charge on any atom is 0.123 e. The molecule has 1 atom stereocenters. The molecule has 0 N–H and O–H groups in total. The van der Waals surface area contributed by atoms with Gasteiger partial charge < -0.3 is 4.74 Å². The molecule has 0 spiro atoms. The number of alkyl halides is 1. The monoisotopic (exact) mass is 274 g/mol. The van der Waals surface area contributed by atoms with E-state index in [0.717, 1.165) is 16.9 Å². The van der Waals surface area contributed by atoms with Gasteiger partial charge in [0.25, 0.3) is 0 Å².